The fourth-order valence-electron chi connectivity index (χ4n) is 6.01. The number of aliphatic carboxylic acids is 1. The van der Waals surface area contributed by atoms with Gasteiger partial charge in [-0.2, -0.15) is 0 Å². The van der Waals surface area contributed by atoms with Gasteiger partial charge in [0.05, 0.1) is 23.0 Å². The van der Waals surface area contributed by atoms with Gasteiger partial charge in [-0.05, 0) is 80.3 Å². The molecule has 34 heavy (non-hydrogen) atoms. The van der Waals surface area contributed by atoms with Gasteiger partial charge >= 0.3 is 5.97 Å². The number of carboxylic acids is 1. The molecule has 0 saturated heterocycles. The van der Waals surface area contributed by atoms with Gasteiger partial charge in [0, 0.05) is 28.2 Å². The van der Waals surface area contributed by atoms with Gasteiger partial charge in [-0.1, -0.05) is 25.1 Å². The first-order valence-electron chi connectivity index (χ1n) is 11.9. The largest absolute Gasteiger partial charge is 0.487 e. The Morgan fingerprint density at radius 1 is 1.09 bits per heavy atom. The number of fused-ring (bicyclic) bond motifs is 4. The molecule has 0 radical (unpaired) electrons. The molecule has 2 aliphatic carbocycles. The molecule has 2 aromatic heterocycles. The van der Waals surface area contributed by atoms with Crippen LogP contribution in [0.2, 0.25) is 0 Å². The highest BCUT2D eigenvalue weighted by atomic mass is 16.5. The molecule has 5 nitrogen and oxygen atoms in total. The first-order valence-corrected chi connectivity index (χ1v) is 11.9. The van der Waals surface area contributed by atoms with Gasteiger partial charge in [0.25, 0.3) is 0 Å². The minimum absolute atomic E-state index is 0.112. The number of carboxylic acid groups (broad SMARTS) is 1. The number of ether oxygens (including phenoxy) is 1. The van der Waals surface area contributed by atoms with E-state index >= 15 is 0 Å². The number of hydrogen-bond acceptors (Lipinski definition) is 4. The van der Waals surface area contributed by atoms with E-state index < -0.39 is 11.6 Å². The smallest absolute Gasteiger partial charge is 0.307 e. The molecule has 6 rings (SSSR count). The van der Waals surface area contributed by atoms with Crippen molar-refractivity contribution in [2.24, 2.45) is 5.92 Å². The third kappa shape index (κ3) is 3.03. The Bertz CT molecular complexity index is 1520. The van der Waals surface area contributed by atoms with Crippen molar-refractivity contribution < 1.29 is 14.6 Å². The Hall–Kier alpha value is -3.47. The van der Waals surface area contributed by atoms with Gasteiger partial charge in [-0.15, -0.1) is 0 Å². The minimum Gasteiger partial charge on any atom is -0.487 e. The summed E-state index contributed by atoms with van der Waals surface area (Å²) in [4.78, 5) is 21.6. The lowest BCUT2D eigenvalue weighted by molar-refractivity contribution is -0.136. The maximum absolute atomic E-state index is 11.9. The molecular weight excluding hydrogens is 424 g/mol. The number of pyridine rings is 2. The maximum atomic E-state index is 11.9. The van der Waals surface area contributed by atoms with E-state index in [2.05, 4.69) is 19.1 Å². The van der Waals surface area contributed by atoms with E-state index in [9.17, 15) is 9.90 Å². The monoisotopic (exact) mass is 452 g/mol. The predicted octanol–water partition coefficient (Wildman–Crippen LogP) is 6.39. The highest BCUT2D eigenvalue weighted by Gasteiger charge is 2.54. The molecule has 3 atom stereocenters. The van der Waals surface area contributed by atoms with Crippen LogP contribution >= 0.6 is 0 Å². The Morgan fingerprint density at radius 2 is 1.82 bits per heavy atom. The standard InChI is InChI=1S/C29H28N2O3/c1-14-23-17-10-11-30-28-26(17)19(24(14)23)12-21(34-29(3,4)5)27(28)25-16-8-6-7-9-20(16)31-15(2)18(25)13-22(32)33/h6-12,14,23-24H,13H2,1-5H3,(H,32,33). The number of para-hydroxylation sites is 1. The van der Waals surface area contributed by atoms with E-state index in [0.29, 0.717) is 23.3 Å². The van der Waals surface area contributed by atoms with Crippen LogP contribution in [0.3, 0.4) is 0 Å². The van der Waals surface area contributed by atoms with Crippen molar-refractivity contribution >= 4 is 27.8 Å². The second-order valence-electron chi connectivity index (χ2n) is 10.7. The van der Waals surface area contributed by atoms with E-state index in [4.69, 9.17) is 14.7 Å². The molecule has 2 aromatic carbocycles. The maximum Gasteiger partial charge on any atom is 0.307 e. The summed E-state index contributed by atoms with van der Waals surface area (Å²) >= 11 is 0. The minimum atomic E-state index is -0.881. The summed E-state index contributed by atoms with van der Waals surface area (Å²) in [5.74, 6) is 1.55. The molecule has 2 aliphatic rings. The molecular formula is C29H28N2O3. The molecule has 0 spiro atoms. The van der Waals surface area contributed by atoms with Crippen LogP contribution in [0.1, 0.15) is 61.9 Å². The summed E-state index contributed by atoms with van der Waals surface area (Å²) in [7, 11) is 0. The summed E-state index contributed by atoms with van der Waals surface area (Å²) < 4.78 is 6.60. The molecule has 1 saturated carbocycles. The molecule has 0 aliphatic heterocycles. The molecule has 3 unspecified atom stereocenters. The Kier molecular flexibility index (Phi) is 4.35. The van der Waals surface area contributed by atoms with Gasteiger partial charge in [0.1, 0.15) is 11.4 Å². The van der Waals surface area contributed by atoms with Crippen LogP contribution < -0.4 is 4.74 Å². The second-order valence-corrected chi connectivity index (χ2v) is 10.7. The summed E-state index contributed by atoms with van der Waals surface area (Å²) in [6, 6.07) is 12.3. The molecule has 2 heterocycles. The van der Waals surface area contributed by atoms with Crippen molar-refractivity contribution in [3.8, 4) is 16.9 Å². The number of aryl methyl sites for hydroxylation is 1. The quantitative estimate of drug-likeness (QED) is 0.388. The first kappa shape index (κ1) is 21.1. The predicted molar refractivity (Wildman–Crippen MR) is 134 cm³/mol. The van der Waals surface area contributed by atoms with Crippen molar-refractivity contribution in [1.29, 1.82) is 0 Å². The van der Waals surface area contributed by atoms with Crippen molar-refractivity contribution in [3.63, 3.8) is 0 Å². The summed E-state index contributed by atoms with van der Waals surface area (Å²) in [6.45, 7) is 10.3. The van der Waals surface area contributed by atoms with Crippen LogP contribution in [0, 0.1) is 12.8 Å². The molecule has 5 heteroatoms. The van der Waals surface area contributed by atoms with E-state index in [0.717, 1.165) is 39.0 Å². The fraction of sp³-hybridized carbons (Fsp3) is 0.345. The second kappa shape index (κ2) is 7.02. The number of aromatic nitrogens is 2. The van der Waals surface area contributed by atoms with Crippen LogP contribution in [-0.4, -0.2) is 26.6 Å². The normalized spacial score (nSPS) is 20.6. The lowest BCUT2D eigenvalue weighted by Gasteiger charge is -2.26. The van der Waals surface area contributed by atoms with Gasteiger partial charge < -0.3 is 9.84 Å². The topological polar surface area (TPSA) is 72.3 Å². The average Bonchev–Trinajstić information content (AvgIpc) is 3.30. The number of nitrogens with zero attached hydrogens (tertiary/aromatic N) is 2. The SMILES string of the molecule is Cc1nc2ccccc2c(-c2c(OC(C)(C)C)cc3c4c(ccnc24)C2C(C)C32)c1CC(=O)O. The highest BCUT2D eigenvalue weighted by Crippen LogP contribution is 2.68. The van der Waals surface area contributed by atoms with Crippen molar-refractivity contribution in [2.45, 2.75) is 58.5 Å². The number of benzene rings is 2. The first-order chi connectivity index (χ1) is 16.2. The molecule has 0 amide bonds. The Morgan fingerprint density at radius 3 is 2.56 bits per heavy atom. The van der Waals surface area contributed by atoms with Gasteiger partial charge in [0.2, 0.25) is 0 Å². The highest BCUT2D eigenvalue weighted by molar-refractivity contribution is 6.10. The van der Waals surface area contributed by atoms with E-state index in [1.54, 1.807) is 0 Å². The Labute approximate surface area is 198 Å². The third-order valence-corrected chi connectivity index (χ3v) is 7.33. The zero-order chi connectivity index (χ0) is 23.9. The Balaban J connectivity index is 1.78. The summed E-state index contributed by atoms with van der Waals surface area (Å²) in [5.41, 5.74) is 7.16. The molecule has 1 fully saturated rings. The summed E-state index contributed by atoms with van der Waals surface area (Å²) in [5, 5.41) is 11.9. The molecule has 172 valence electrons. The average molecular weight is 453 g/mol. The zero-order valence-electron chi connectivity index (χ0n) is 20.1. The number of rotatable bonds is 4. The zero-order valence-corrected chi connectivity index (χ0v) is 20.1. The third-order valence-electron chi connectivity index (χ3n) is 7.33. The molecule has 1 N–H and O–H groups in total. The number of carbonyl (C=O) groups is 1. The van der Waals surface area contributed by atoms with Gasteiger partial charge in [-0.25, -0.2) is 0 Å². The van der Waals surface area contributed by atoms with Crippen molar-refractivity contribution in [3.05, 3.63) is 65.0 Å². The summed E-state index contributed by atoms with van der Waals surface area (Å²) in [6.07, 6.45) is 1.78. The van der Waals surface area contributed by atoms with Crippen LogP contribution in [0.4, 0.5) is 0 Å². The van der Waals surface area contributed by atoms with Crippen molar-refractivity contribution in [2.75, 3.05) is 0 Å². The molecule has 4 aromatic rings. The van der Waals surface area contributed by atoms with E-state index in [1.807, 2.05) is 58.2 Å². The van der Waals surface area contributed by atoms with Crippen molar-refractivity contribution in [1.82, 2.24) is 9.97 Å². The van der Waals surface area contributed by atoms with Crippen LogP contribution in [0.25, 0.3) is 32.9 Å². The van der Waals surface area contributed by atoms with Crippen LogP contribution in [-0.2, 0) is 11.2 Å². The fourth-order valence-corrected chi connectivity index (χ4v) is 6.01. The van der Waals surface area contributed by atoms with Gasteiger partial charge in [0.15, 0.2) is 0 Å². The number of hydrogen-bond donors (Lipinski definition) is 1. The van der Waals surface area contributed by atoms with E-state index in [-0.39, 0.29) is 6.42 Å². The molecule has 0 bridgehead atoms. The lowest BCUT2D eigenvalue weighted by atomic mass is 9.88. The van der Waals surface area contributed by atoms with E-state index in [1.165, 1.54) is 16.5 Å². The van der Waals surface area contributed by atoms with Crippen LogP contribution in [0.5, 0.6) is 5.75 Å². The lowest BCUT2D eigenvalue weighted by Crippen LogP contribution is -2.23. The van der Waals surface area contributed by atoms with Gasteiger partial charge in [-0.3, -0.25) is 14.8 Å². The van der Waals surface area contributed by atoms with Crippen LogP contribution in [0.15, 0.2) is 42.6 Å².